The van der Waals surface area contributed by atoms with Crippen LogP contribution >= 0.6 is 23.5 Å². The van der Waals surface area contributed by atoms with Crippen LogP contribution < -0.4 is 0 Å². The molecular weight excluding hydrogens is 272 g/mol. The van der Waals surface area contributed by atoms with Crippen molar-refractivity contribution in [2.75, 3.05) is 11.5 Å². The molecule has 0 atom stereocenters. The molecule has 1 aliphatic heterocycles. The molecule has 0 saturated carbocycles. The van der Waals surface area contributed by atoms with Gasteiger partial charge in [0.1, 0.15) is 0 Å². The molecule has 0 aromatic heterocycles. The van der Waals surface area contributed by atoms with Gasteiger partial charge in [-0.05, 0) is 34.1 Å². The van der Waals surface area contributed by atoms with Crippen molar-refractivity contribution in [1.29, 1.82) is 0 Å². The number of carboxylic acids is 2. The van der Waals surface area contributed by atoms with E-state index in [0.29, 0.717) is 6.42 Å². The van der Waals surface area contributed by atoms with Crippen molar-refractivity contribution in [2.24, 2.45) is 5.41 Å². The number of carbonyl (C=O) groups is 2. The summed E-state index contributed by atoms with van der Waals surface area (Å²) in [5.41, 5.74) is -0.583. The molecule has 6 heteroatoms. The van der Waals surface area contributed by atoms with Crippen molar-refractivity contribution in [2.45, 2.75) is 44.6 Å². The highest BCUT2D eigenvalue weighted by atomic mass is 32.2. The minimum Gasteiger partial charge on any atom is -0.481 e. The van der Waals surface area contributed by atoms with E-state index in [9.17, 15) is 9.59 Å². The van der Waals surface area contributed by atoms with Crippen LogP contribution in [0.1, 0.15) is 40.5 Å². The summed E-state index contributed by atoms with van der Waals surface area (Å²) in [6, 6.07) is 0. The molecule has 1 heterocycles. The second kappa shape index (κ2) is 7.28. The molecule has 1 fully saturated rings. The highest BCUT2D eigenvalue weighted by molar-refractivity contribution is 8.21. The van der Waals surface area contributed by atoms with Crippen molar-refractivity contribution in [3.63, 3.8) is 0 Å². The van der Waals surface area contributed by atoms with Crippen molar-refractivity contribution in [3.8, 4) is 0 Å². The monoisotopic (exact) mass is 294 g/mol. The molecule has 2 N–H and O–H groups in total. The average molecular weight is 294 g/mol. The molecule has 0 bridgehead atoms. The topological polar surface area (TPSA) is 74.6 Å². The van der Waals surface area contributed by atoms with Crippen LogP contribution in [0, 0.1) is 5.41 Å². The summed E-state index contributed by atoms with van der Waals surface area (Å²) in [6.07, 6.45) is 1.09. The summed E-state index contributed by atoms with van der Waals surface area (Å²) in [5, 5.41) is 16.7. The van der Waals surface area contributed by atoms with E-state index in [4.69, 9.17) is 10.2 Å². The molecule has 1 rings (SSSR count). The third-order valence-electron chi connectivity index (χ3n) is 2.33. The standard InChI is InChI=1S/C7H12O2S2.C5H10O2/c1-7(3-2-6(8)9)10-4-5-11-7;1-5(2,3)4(6)7/h2-5H2,1H3,(H,8,9);1-3H3,(H,6,7). The Morgan fingerprint density at radius 2 is 1.56 bits per heavy atom. The smallest absolute Gasteiger partial charge is 0.308 e. The summed E-state index contributed by atoms with van der Waals surface area (Å²) >= 11 is 3.77. The Kier molecular flexibility index (Phi) is 7.14. The van der Waals surface area contributed by atoms with Gasteiger partial charge in [0.15, 0.2) is 0 Å². The zero-order chi connectivity index (χ0) is 14.4. The first-order valence-corrected chi connectivity index (χ1v) is 7.77. The van der Waals surface area contributed by atoms with Crippen LogP contribution in [-0.4, -0.2) is 37.7 Å². The van der Waals surface area contributed by atoms with E-state index in [1.54, 1.807) is 20.8 Å². The predicted octanol–water partition coefficient (Wildman–Crippen LogP) is 3.16. The number of hydrogen-bond donors (Lipinski definition) is 2. The lowest BCUT2D eigenvalue weighted by Gasteiger charge is -2.19. The van der Waals surface area contributed by atoms with Gasteiger partial charge in [-0.1, -0.05) is 0 Å². The minimum atomic E-state index is -0.757. The molecular formula is C12H22O4S2. The Labute approximate surface area is 117 Å². The molecule has 0 radical (unpaired) electrons. The SMILES string of the molecule is CC(C)(C)C(=O)O.CC1(CCC(=O)O)SCCS1. The van der Waals surface area contributed by atoms with Gasteiger partial charge in [0.2, 0.25) is 0 Å². The van der Waals surface area contributed by atoms with Gasteiger partial charge < -0.3 is 10.2 Å². The molecule has 106 valence electrons. The van der Waals surface area contributed by atoms with E-state index in [1.807, 2.05) is 23.5 Å². The second-order valence-corrected chi connectivity index (χ2v) is 8.73. The first kappa shape index (κ1) is 17.6. The first-order chi connectivity index (χ1) is 8.07. The van der Waals surface area contributed by atoms with Gasteiger partial charge in [-0.2, -0.15) is 0 Å². The van der Waals surface area contributed by atoms with Gasteiger partial charge in [-0.15, -0.1) is 23.5 Å². The third kappa shape index (κ3) is 7.87. The quantitative estimate of drug-likeness (QED) is 0.833. The fourth-order valence-electron chi connectivity index (χ4n) is 1.04. The lowest BCUT2D eigenvalue weighted by Crippen LogP contribution is -2.18. The molecule has 4 nitrogen and oxygen atoms in total. The van der Waals surface area contributed by atoms with Crippen LogP contribution in [0.5, 0.6) is 0 Å². The van der Waals surface area contributed by atoms with Crippen molar-refractivity contribution >= 4 is 35.5 Å². The number of hydrogen-bond acceptors (Lipinski definition) is 4. The molecule has 0 amide bonds. The van der Waals surface area contributed by atoms with Gasteiger partial charge in [-0.3, -0.25) is 9.59 Å². The maximum Gasteiger partial charge on any atom is 0.308 e. The molecule has 0 spiro atoms. The fourth-order valence-corrected chi connectivity index (χ4v) is 3.89. The van der Waals surface area contributed by atoms with Gasteiger partial charge in [0.25, 0.3) is 0 Å². The molecule has 1 aliphatic rings. The normalized spacial score (nSPS) is 17.8. The number of carboxylic acid groups (broad SMARTS) is 2. The first-order valence-electron chi connectivity index (χ1n) is 5.80. The zero-order valence-corrected chi connectivity index (χ0v) is 13.0. The molecule has 18 heavy (non-hydrogen) atoms. The van der Waals surface area contributed by atoms with Crippen LogP contribution in [0.3, 0.4) is 0 Å². The summed E-state index contributed by atoms with van der Waals surface area (Å²) in [6.45, 7) is 7.12. The Hall–Kier alpha value is -0.360. The van der Waals surface area contributed by atoms with Gasteiger partial charge in [0, 0.05) is 17.9 Å². The lowest BCUT2D eigenvalue weighted by atomic mass is 9.98. The Bertz CT molecular complexity index is 291. The summed E-state index contributed by atoms with van der Waals surface area (Å²) in [7, 11) is 0. The van der Waals surface area contributed by atoms with Crippen LogP contribution in [0.25, 0.3) is 0 Å². The fraction of sp³-hybridized carbons (Fsp3) is 0.833. The summed E-state index contributed by atoms with van der Waals surface area (Å²) in [4.78, 5) is 20.3. The van der Waals surface area contributed by atoms with E-state index in [1.165, 1.54) is 11.5 Å². The third-order valence-corrected chi connectivity index (χ3v) is 5.74. The molecule has 0 aromatic rings. The maximum absolute atomic E-state index is 10.3. The number of thioether (sulfide) groups is 2. The van der Waals surface area contributed by atoms with Gasteiger partial charge >= 0.3 is 11.9 Å². The average Bonchev–Trinajstić information content (AvgIpc) is 2.62. The predicted molar refractivity (Wildman–Crippen MR) is 77.3 cm³/mol. The van der Waals surface area contributed by atoms with Crippen LogP contribution in [0.4, 0.5) is 0 Å². The lowest BCUT2D eigenvalue weighted by molar-refractivity contribution is -0.145. The summed E-state index contributed by atoms with van der Waals surface area (Å²) in [5.74, 6) is 0.897. The Morgan fingerprint density at radius 1 is 1.17 bits per heavy atom. The van der Waals surface area contributed by atoms with E-state index >= 15 is 0 Å². The largest absolute Gasteiger partial charge is 0.481 e. The number of rotatable bonds is 3. The van der Waals surface area contributed by atoms with Crippen LogP contribution in [-0.2, 0) is 9.59 Å². The number of aliphatic carboxylic acids is 2. The van der Waals surface area contributed by atoms with Crippen molar-refractivity contribution in [1.82, 2.24) is 0 Å². The highest BCUT2D eigenvalue weighted by Crippen LogP contribution is 2.46. The molecule has 1 saturated heterocycles. The van der Waals surface area contributed by atoms with E-state index in [2.05, 4.69) is 6.92 Å². The zero-order valence-electron chi connectivity index (χ0n) is 11.4. The minimum absolute atomic E-state index is 0.179. The molecule has 0 aliphatic carbocycles. The summed E-state index contributed by atoms with van der Waals surface area (Å²) < 4.78 is 0.179. The van der Waals surface area contributed by atoms with Crippen LogP contribution in [0.15, 0.2) is 0 Å². The Morgan fingerprint density at radius 3 is 1.83 bits per heavy atom. The van der Waals surface area contributed by atoms with E-state index < -0.39 is 17.4 Å². The second-order valence-electron chi connectivity index (χ2n) is 5.28. The van der Waals surface area contributed by atoms with E-state index in [0.717, 1.165) is 6.42 Å². The van der Waals surface area contributed by atoms with Crippen molar-refractivity contribution < 1.29 is 19.8 Å². The van der Waals surface area contributed by atoms with Crippen molar-refractivity contribution in [3.05, 3.63) is 0 Å². The van der Waals surface area contributed by atoms with Gasteiger partial charge in [0.05, 0.1) is 9.49 Å². The maximum atomic E-state index is 10.3. The van der Waals surface area contributed by atoms with Crippen LogP contribution in [0.2, 0.25) is 0 Å². The van der Waals surface area contributed by atoms with E-state index in [-0.39, 0.29) is 4.08 Å². The Balaban J connectivity index is 0.000000360. The highest BCUT2D eigenvalue weighted by Gasteiger charge is 2.30. The van der Waals surface area contributed by atoms with Gasteiger partial charge in [-0.25, -0.2) is 0 Å². The molecule has 0 unspecified atom stereocenters. The molecule has 0 aromatic carbocycles.